The SMILES string of the molecule is CCC(CC)(CO)NCc1sc(N(C)C)nc1C. The number of aryl methyl sites for hydroxylation is 1. The predicted octanol–water partition coefficient (Wildman–Crippen LogP) is 2.16. The number of anilines is 1. The van der Waals surface area contributed by atoms with Gasteiger partial charge in [-0.3, -0.25) is 0 Å². The molecule has 0 bridgehead atoms. The minimum atomic E-state index is -0.158. The molecule has 1 rings (SSSR count). The molecule has 0 saturated carbocycles. The third-order valence-corrected chi connectivity index (χ3v) is 4.87. The van der Waals surface area contributed by atoms with Gasteiger partial charge in [0.1, 0.15) is 0 Å². The van der Waals surface area contributed by atoms with Gasteiger partial charge in [0, 0.05) is 31.1 Å². The number of aliphatic hydroxyl groups excluding tert-OH is 1. The van der Waals surface area contributed by atoms with Gasteiger partial charge in [-0.25, -0.2) is 4.98 Å². The van der Waals surface area contributed by atoms with Crippen LogP contribution in [-0.2, 0) is 6.54 Å². The van der Waals surface area contributed by atoms with Crippen LogP contribution in [0.15, 0.2) is 0 Å². The molecule has 4 nitrogen and oxygen atoms in total. The molecule has 0 unspecified atom stereocenters. The molecular formula is C13H25N3OS. The number of hydrogen-bond acceptors (Lipinski definition) is 5. The van der Waals surface area contributed by atoms with E-state index in [-0.39, 0.29) is 12.1 Å². The third kappa shape index (κ3) is 3.43. The van der Waals surface area contributed by atoms with E-state index in [1.807, 2.05) is 25.9 Å². The van der Waals surface area contributed by atoms with Gasteiger partial charge >= 0.3 is 0 Å². The molecule has 0 atom stereocenters. The van der Waals surface area contributed by atoms with Crippen molar-refractivity contribution in [2.45, 2.75) is 45.7 Å². The Hall–Kier alpha value is -0.650. The van der Waals surface area contributed by atoms with Crippen molar-refractivity contribution < 1.29 is 5.11 Å². The second kappa shape index (κ2) is 6.50. The molecule has 2 N–H and O–H groups in total. The molecule has 1 aromatic rings. The molecule has 18 heavy (non-hydrogen) atoms. The highest BCUT2D eigenvalue weighted by atomic mass is 32.1. The molecule has 104 valence electrons. The number of hydrogen-bond donors (Lipinski definition) is 2. The monoisotopic (exact) mass is 271 g/mol. The zero-order valence-electron chi connectivity index (χ0n) is 12.1. The molecular weight excluding hydrogens is 246 g/mol. The summed E-state index contributed by atoms with van der Waals surface area (Å²) in [6.45, 7) is 7.21. The number of nitrogens with one attached hydrogen (secondary N) is 1. The molecule has 0 aromatic carbocycles. The zero-order valence-corrected chi connectivity index (χ0v) is 12.9. The average molecular weight is 271 g/mol. The van der Waals surface area contributed by atoms with E-state index in [1.54, 1.807) is 11.3 Å². The van der Waals surface area contributed by atoms with E-state index in [4.69, 9.17) is 0 Å². The van der Waals surface area contributed by atoms with E-state index in [9.17, 15) is 5.11 Å². The summed E-state index contributed by atoms with van der Waals surface area (Å²) in [4.78, 5) is 7.81. The molecule has 1 aromatic heterocycles. The van der Waals surface area contributed by atoms with E-state index in [0.717, 1.165) is 30.2 Å². The topological polar surface area (TPSA) is 48.4 Å². The Balaban J connectivity index is 2.73. The van der Waals surface area contributed by atoms with Gasteiger partial charge in [-0.15, -0.1) is 11.3 Å². The average Bonchev–Trinajstić information content (AvgIpc) is 2.74. The van der Waals surface area contributed by atoms with Crippen LogP contribution in [0.1, 0.15) is 37.3 Å². The Labute approximate surface area is 114 Å². The van der Waals surface area contributed by atoms with Crippen molar-refractivity contribution >= 4 is 16.5 Å². The quantitative estimate of drug-likeness (QED) is 0.798. The van der Waals surface area contributed by atoms with Crippen LogP contribution in [-0.4, -0.2) is 36.3 Å². The van der Waals surface area contributed by atoms with Crippen LogP contribution in [0.2, 0.25) is 0 Å². The van der Waals surface area contributed by atoms with Crippen molar-refractivity contribution in [1.82, 2.24) is 10.3 Å². The number of nitrogens with zero attached hydrogens (tertiary/aromatic N) is 2. The molecule has 0 aliphatic carbocycles. The van der Waals surface area contributed by atoms with Gasteiger partial charge in [0.25, 0.3) is 0 Å². The van der Waals surface area contributed by atoms with Gasteiger partial charge in [-0.2, -0.15) is 0 Å². The first kappa shape index (κ1) is 15.4. The summed E-state index contributed by atoms with van der Waals surface area (Å²) < 4.78 is 0. The number of aromatic nitrogens is 1. The maximum absolute atomic E-state index is 9.53. The molecule has 0 radical (unpaired) electrons. The summed E-state index contributed by atoms with van der Waals surface area (Å²) in [5.74, 6) is 0. The Morgan fingerprint density at radius 2 is 1.94 bits per heavy atom. The van der Waals surface area contributed by atoms with Gasteiger partial charge in [0.15, 0.2) is 5.13 Å². The molecule has 0 spiro atoms. The summed E-state index contributed by atoms with van der Waals surface area (Å²) in [7, 11) is 4.01. The Bertz CT molecular complexity index is 364. The van der Waals surface area contributed by atoms with Crippen molar-refractivity contribution in [3.8, 4) is 0 Å². The molecule has 0 amide bonds. The molecule has 0 aliphatic heterocycles. The largest absolute Gasteiger partial charge is 0.394 e. The van der Waals surface area contributed by atoms with Crippen LogP contribution in [0.3, 0.4) is 0 Å². The maximum atomic E-state index is 9.53. The molecule has 5 heteroatoms. The lowest BCUT2D eigenvalue weighted by molar-refractivity contribution is 0.150. The van der Waals surface area contributed by atoms with E-state index in [0.29, 0.717) is 0 Å². The highest BCUT2D eigenvalue weighted by Gasteiger charge is 2.24. The Kier molecular flexibility index (Phi) is 5.56. The van der Waals surface area contributed by atoms with Gasteiger partial charge in [0.2, 0.25) is 0 Å². The first-order valence-electron chi connectivity index (χ1n) is 6.47. The predicted molar refractivity (Wildman–Crippen MR) is 78.4 cm³/mol. The van der Waals surface area contributed by atoms with E-state index < -0.39 is 0 Å². The van der Waals surface area contributed by atoms with Crippen LogP contribution in [0.25, 0.3) is 0 Å². The normalized spacial score (nSPS) is 11.9. The van der Waals surface area contributed by atoms with Gasteiger partial charge in [-0.05, 0) is 19.8 Å². The Morgan fingerprint density at radius 3 is 2.33 bits per heavy atom. The second-order valence-corrected chi connectivity index (χ2v) is 5.96. The first-order chi connectivity index (χ1) is 8.48. The summed E-state index contributed by atoms with van der Waals surface area (Å²) in [5.41, 5.74) is 0.921. The number of aliphatic hydroxyl groups is 1. The van der Waals surface area contributed by atoms with Crippen molar-refractivity contribution in [2.24, 2.45) is 0 Å². The highest BCUT2D eigenvalue weighted by molar-refractivity contribution is 7.15. The first-order valence-corrected chi connectivity index (χ1v) is 7.29. The molecule has 0 saturated heterocycles. The van der Waals surface area contributed by atoms with Crippen LogP contribution in [0, 0.1) is 6.92 Å². The van der Waals surface area contributed by atoms with Crippen LogP contribution >= 0.6 is 11.3 Å². The third-order valence-electron chi connectivity index (χ3n) is 3.54. The number of thiazole rings is 1. The Morgan fingerprint density at radius 1 is 1.33 bits per heavy atom. The lowest BCUT2D eigenvalue weighted by Crippen LogP contribution is -2.47. The zero-order chi connectivity index (χ0) is 13.8. The summed E-state index contributed by atoms with van der Waals surface area (Å²) in [5, 5.41) is 14.1. The van der Waals surface area contributed by atoms with Gasteiger partial charge in [-0.1, -0.05) is 13.8 Å². The van der Waals surface area contributed by atoms with Crippen LogP contribution in [0.5, 0.6) is 0 Å². The standard InChI is InChI=1S/C13H25N3OS/c1-6-13(7-2,9-17)14-8-11-10(3)15-12(18-11)16(4)5/h14,17H,6-9H2,1-5H3. The minimum Gasteiger partial charge on any atom is -0.394 e. The maximum Gasteiger partial charge on any atom is 0.185 e. The van der Waals surface area contributed by atoms with Crippen LogP contribution < -0.4 is 10.2 Å². The minimum absolute atomic E-state index is 0.158. The molecule has 1 heterocycles. The van der Waals surface area contributed by atoms with Crippen molar-refractivity contribution in [2.75, 3.05) is 25.6 Å². The van der Waals surface area contributed by atoms with Gasteiger partial charge < -0.3 is 15.3 Å². The second-order valence-electron chi connectivity index (χ2n) is 4.90. The fourth-order valence-electron chi connectivity index (χ4n) is 1.82. The van der Waals surface area contributed by atoms with Crippen LogP contribution in [0.4, 0.5) is 5.13 Å². The summed E-state index contributed by atoms with van der Waals surface area (Å²) in [6, 6.07) is 0. The van der Waals surface area contributed by atoms with E-state index in [2.05, 4.69) is 24.1 Å². The van der Waals surface area contributed by atoms with Gasteiger partial charge in [0.05, 0.1) is 12.3 Å². The fourth-order valence-corrected chi connectivity index (χ4v) is 2.74. The highest BCUT2D eigenvalue weighted by Crippen LogP contribution is 2.25. The fraction of sp³-hybridized carbons (Fsp3) is 0.769. The lowest BCUT2D eigenvalue weighted by atomic mass is 9.94. The molecule has 0 fully saturated rings. The summed E-state index contributed by atoms with van der Waals surface area (Å²) >= 11 is 1.71. The molecule has 0 aliphatic rings. The number of rotatable bonds is 7. The van der Waals surface area contributed by atoms with Crippen molar-refractivity contribution in [3.63, 3.8) is 0 Å². The smallest absolute Gasteiger partial charge is 0.185 e. The van der Waals surface area contributed by atoms with E-state index in [1.165, 1.54) is 4.88 Å². The van der Waals surface area contributed by atoms with Crippen molar-refractivity contribution in [3.05, 3.63) is 10.6 Å². The van der Waals surface area contributed by atoms with Crippen molar-refractivity contribution in [1.29, 1.82) is 0 Å². The lowest BCUT2D eigenvalue weighted by Gasteiger charge is -2.30. The summed E-state index contributed by atoms with van der Waals surface area (Å²) in [6.07, 6.45) is 1.86. The van der Waals surface area contributed by atoms with E-state index >= 15 is 0 Å².